The summed E-state index contributed by atoms with van der Waals surface area (Å²) in [4.78, 5) is 69.8. The monoisotopic (exact) mass is 621 g/mol. The molecule has 14 nitrogen and oxygen atoms in total. The normalized spacial score (nSPS) is 19.9. The third-order valence-electron chi connectivity index (χ3n) is 7.93. The number of para-hydroxylation sites is 1. The molecule has 2 aromatic carbocycles. The Kier molecular flexibility index (Phi) is 9.74. The molecule has 3 aromatic rings. The van der Waals surface area contributed by atoms with E-state index in [2.05, 4.69) is 15.6 Å². The van der Waals surface area contributed by atoms with Crippen molar-refractivity contribution in [1.29, 1.82) is 0 Å². The molecular weight excluding hydrogens is 586 g/mol. The second-order valence-corrected chi connectivity index (χ2v) is 11.0. The zero-order valence-electron chi connectivity index (χ0n) is 24.7. The van der Waals surface area contributed by atoms with E-state index in [1.165, 1.54) is 12.1 Å². The number of ether oxygens (including phenoxy) is 1. The van der Waals surface area contributed by atoms with Gasteiger partial charge in [0.05, 0.1) is 19.6 Å². The molecular formula is C31H35N5O9. The average molecular weight is 622 g/mol. The van der Waals surface area contributed by atoms with Crippen LogP contribution in [0.2, 0.25) is 0 Å². The van der Waals surface area contributed by atoms with Crippen LogP contribution in [0.5, 0.6) is 5.75 Å². The van der Waals surface area contributed by atoms with Crippen molar-refractivity contribution in [2.75, 3.05) is 13.7 Å². The summed E-state index contributed by atoms with van der Waals surface area (Å²) in [5.74, 6) is -4.05. The quantitative estimate of drug-likeness (QED) is 0.169. The Balaban J connectivity index is 1.33. The van der Waals surface area contributed by atoms with E-state index in [4.69, 9.17) is 9.15 Å². The molecule has 2 aliphatic rings. The van der Waals surface area contributed by atoms with Gasteiger partial charge in [-0.15, -0.1) is 0 Å². The van der Waals surface area contributed by atoms with Crippen molar-refractivity contribution in [2.45, 2.75) is 69.3 Å². The van der Waals surface area contributed by atoms with E-state index in [0.29, 0.717) is 25.0 Å². The number of ketones is 1. The van der Waals surface area contributed by atoms with Gasteiger partial charge in [0.25, 0.3) is 11.8 Å². The van der Waals surface area contributed by atoms with Crippen LogP contribution in [0.3, 0.4) is 0 Å². The molecule has 238 valence electrons. The van der Waals surface area contributed by atoms with E-state index in [-0.39, 0.29) is 42.8 Å². The number of aliphatic hydroxyl groups is 1. The van der Waals surface area contributed by atoms with Crippen LogP contribution in [-0.4, -0.2) is 92.7 Å². The molecule has 4 unspecified atom stereocenters. The van der Waals surface area contributed by atoms with Crippen molar-refractivity contribution in [3.8, 4) is 5.75 Å². The van der Waals surface area contributed by atoms with Gasteiger partial charge in [0.15, 0.2) is 11.1 Å². The molecule has 5 rings (SSSR count). The van der Waals surface area contributed by atoms with Gasteiger partial charge >= 0.3 is 5.97 Å². The van der Waals surface area contributed by atoms with Gasteiger partial charge in [0, 0.05) is 13.0 Å². The number of amides is 3. The van der Waals surface area contributed by atoms with Crippen LogP contribution >= 0.6 is 0 Å². The Morgan fingerprint density at radius 3 is 2.62 bits per heavy atom. The second kappa shape index (κ2) is 13.9. The molecule has 0 bridgehead atoms. The minimum Gasteiger partial charge on any atom is -0.494 e. The third kappa shape index (κ3) is 7.13. The number of carbonyl (C=O) groups is 5. The van der Waals surface area contributed by atoms with Crippen molar-refractivity contribution < 1.29 is 43.3 Å². The van der Waals surface area contributed by atoms with E-state index in [1.54, 1.807) is 18.2 Å². The number of aliphatic hydroxyl groups excluding tert-OH is 1. The zero-order chi connectivity index (χ0) is 32.1. The van der Waals surface area contributed by atoms with Crippen molar-refractivity contribution in [2.24, 2.45) is 0 Å². The van der Waals surface area contributed by atoms with Crippen molar-refractivity contribution in [1.82, 2.24) is 25.6 Å². The number of aliphatic carboxylic acids is 1. The predicted molar refractivity (Wildman–Crippen MR) is 158 cm³/mol. The number of fused-ring (bicyclic) bond motifs is 2. The summed E-state index contributed by atoms with van der Waals surface area (Å²) in [6.45, 7) is 0.208. The summed E-state index contributed by atoms with van der Waals surface area (Å²) in [6, 6.07) is 10.6. The Morgan fingerprint density at radius 1 is 1.11 bits per heavy atom. The highest BCUT2D eigenvalue weighted by Gasteiger charge is 2.45. The third-order valence-corrected chi connectivity index (χ3v) is 7.93. The Bertz CT molecular complexity index is 1580. The topological polar surface area (TPSA) is 192 Å². The van der Waals surface area contributed by atoms with E-state index >= 15 is 0 Å². The summed E-state index contributed by atoms with van der Waals surface area (Å²) in [5, 5.41) is 27.9. The summed E-state index contributed by atoms with van der Waals surface area (Å²) in [7, 11) is 1.42. The minimum atomic E-state index is -1.57. The van der Waals surface area contributed by atoms with Crippen LogP contribution < -0.4 is 15.4 Å². The van der Waals surface area contributed by atoms with E-state index in [9.17, 15) is 34.2 Å². The Hall–Kier alpha value is -4.82. The highest BCUT2D eigenvalue weighted by atomic mass is 16.5. The molecule has 3 heterocycles. The number of hydrazine groups is 1. The molecule has 45 heavy (non-hydrogen) atoms. The number of carboxylic acid groups (broad SMARTS) is 1. The molecule has 4 atom stereocenters. The van der Waals surface area contributed by atoms with Crippen molar-refractivity contribution in [3.05, 3.63) is 60.0 Å². The van der Waals surface area contributed by atoms with Gasteiger partial charge in [-0.2, -0.15) is 0 Å². The van der Waals surface area contributed by atoms with E-state index in [0.717, 1.165) is 10.6 Å². The highest BCUT2D eigenvalue weighted by molar-refractivity contribution is 6.03. The largest absolute Gasteiger partial charge is 0.494 e. The van der Waals surface area contributed by atoms with Gasteiger partial charge in [0.1, 0.15) is 24.1 Å². The van der Waals surface area contributed by atoms with Crippen LogP contribution in [0.4, 0.5) is 0 Å². The van der Waals surface area contributed by atoms with Crippen LogP contribution in [-0.2, 0) is 25.6 Å². The molecule has 0 saturated carbocycles. The number of nitrogens with one attached hydrogen (secondary N) is 2. The maximum atomic E-state index is 13.8. The van der Waals surface area contributed by atoms with Gasteiger partial charge < -0.3 is 24.7 Å². The van der Waals surface area contributed by atoms with Crippen LogP contribution in [0.15, 0.2) is 52.9 Å². The number of aromatic nitrogens is 1. The number of nitrogens with zero attached hydrogens (tertiary/aromatic N) is 3. The first-order chi connectivity index (χ1) is 21.7. The summed E-state index contributed by atoms with van der Waals surface area (Å²) in [6.07, 6.45) is -0.263. The van der Waals surface area contributed by atoms with Gasteiger partial charge in [0.2, 0.25) is 17.6 Å². The lowest BCUT2D eigenvalue weighted by atomic mass is 10.0. The fourth-order valence-corrected chi connectivity index (χ4v) is 5.68. The lowest BCUT2D eigenvalue weighted by Crippen LogP contribution is -2.64. The summed E-state index contributed by atoms with van der Waals surface area (Å²) in [5.41, 5.74) is 1.51. The molecule has 4 N–H and O–H groups in total. The maximum Gasteiger partial charge on any atom is 0.305 e. The highest BCUT2D eigenvalue weighted by Crippen LogP contribution is 2.27. The van der Waals surface area contributed by atoms with Crippen molar-refractivity contribution >= 4 is 40.6 Å². The number of aryl methyl sites for hydroxylation is 1. The van der Waals surface area contributed by atoms with E-state index < -0.39 is 60.2 Å². The lowest BCUT2D eigenvalue weighted by Gasteiger charge is -2.43. The van der Waals surface area contributed by atoms with Gasteiger partial charge in [-0.05, 0) is 49.8 Å². The number of benzene rings is 2. The standard InChI is InChI=1S/C31H35N5O9/c1-44-22-10-5-11-23-27(22)34-30(45-23)28(41)20(17-26(39)40)33-29(42)21-9-6-16-35-25(38)15-13-19(31(43)36(21)35)32-24(37)14-12-18-7-3-2-4-8-18/h2-5,7-8,10-11,19-21,24,32,37H,6,9,12-17H2,1H3,(H,33,42)(H,39,40). The molecule has 1 aromatic heterocycles. The van der Waals surface area contributed by atoms with Gasteiger partial charge in [-0.25, -0.2) is 9.99 Å². The molecule has 14 heteroatoms. The summed E-state index contributed by atoms with van der Waals surface area (Å²) >= 11 is 0. The fraction of sp³-hybridized carbons (Fsp3) is 0.419. The molecule has 0 spiro atoms. The number of hydrogen-bond acceptors (Lipinski definition) is 10. The zero-order valence-corrected chi connectivity index (χ0v) is 24.7. The number of carboxylic acids is 1. The molecule has 2 aliphatic heterocycles. The first-order valence-corrected chi connectivity index (χ1v) is 14.8. The van der Waals surface area contributed by atoms with Crippen LogP contribution in [0.25, 0.3) is 11.1 Å². The Labute approximate surface area is 258 Å². The SMILES string of the molecule is COc1cccc2oc(C(=O)C(CC(=O)O)NC(=O)C3CCCN4C(=O)CCC(NC(O)CCc5ccccc5)C(=O)N34)nc12. The van der Waals surface area contributed by atoms with Crippen LogP contribution in [0.1, 0.15) is 54.8 Å². The lowest BCUT2D eigenvalue weighted by molar-refractivity contribution is -0.176. The van der Waals surface area contributed by atoms with Crippen molar-refractivity contribution in [3.63, 3.8) is 0 Å². The predicted octanol–water partition coefficient (Wildman–Crippen LogP) is 1.42. The number of methoxy groups -OCH3 is 1. The van der Waals surface area contributed by atoms with Gasteiger partial charge in [-0.3, -0.25) is 34.3 Å². The number of carbonyl (C=O) groups excluding carboxylic acids is 4. The molecule has 2 saturated heterocycles. The number of Topliss-reactive ketones (excluding diaryl/α,β-unsaturated/α-hetero) is 1. The number of hydrogen-bond donors (Lipinski definition) is 4. The van der Waals surface area contributed by atoms with E-state index in [1.807, 2.05) is 30.3 Å². The Morgan fingerprint density at radius 2 is 1.89 bits per heavy atom. The second-order valence-electron chi connectivity index (χ2n) is 11.0. The summed E-state index contributed by atoms with van der Waals surface area (Å²) < 4.78 is 10.8. The van der Waals surface area contributed by atoms with Gasteiger partial charge in [-0.1, -0.05) is 36.4 Å². The minimum absolute atomic E-state index is 0.0148. The number of oxazole rings is 1. The van der Waals surface area contributed by atoms with Crippen LogP contribution in [0, 0.1) is 0 Å². The first kappa shape index (κ1) is 31.6. The first-order valence-electron chi connectivity index (χ1n) is 14.8. The molecule has 0 aliphatic carbocycles. The maximum absolute atomic E-state index is 13.8. The fourth-order valence-electron chi connectivity index (χ4n) is 5.68. The smallest absolute Gasteiger partial charge is 0.305 e. The number of rotatable bonds is 12. The molecule has 0 radical (unpaired) electrons. The average Bonchev–Trinajstić information content (AvgIpc) is 3.44. The molecule has 3 amide bonds. The molecule has 2 fully saturated rings.